The number of aryl methyl sites for hydroxylation is 2. The Morgan fingerprint density at radius 1 is 1.32 bits per heavy atom. The highest BCUT2D eigenvalue weighted by molar-refractivity contribution is 5.61. The lowest BCUT2D eigenvalue weighted by atomic mass is 10.3. The third-order valence-electron chi connectivity index (χ3n) is 3.51. The average Bonchev–Trinajstić information content (AvgIpc) is 2.94. The van der Waals surface area contributed by atoms with Crippen LogP contribution in [0.3, 0.4) is 0 Å². The van der Waals surface area contributed by atoms with E-state index in [0.29, 0.717) is 29.3 Å². The zero-order valence-corrected chi connectivity index (χ0v) is 13.7. The topological polar surface area (TPSA) is 119 Å². The summed E-state index contributed by atoms with van der Waals surface area (Å²) in [5.41, 5.74) is 1.60. The number of H-pyrrole nitrogens is 1. The van der Waals surface area contributed by atoms with Gasteiger partial charge in [0.05, 0.1) is 10.6 Å². The second-order valence-electron chi connectivity index (χ2n) is 5.43. The van der Waals surface area contributed by atoms with Crippen molar-refractivity contribution < 1.29 is 4.92 Å². The zero-order chi connectivity index (χ0) is 18.0. The van der Waals surface area contributed by atoms with Crippen molar-refractivity contribution >= 4 is 17.2 Å². The normalized spacial score (nSPS) is 10.6. The van der Waals surface area contributed by atoms with E-state index in [0.717, 1.165) is 0 Å². The van der Waals surface area contributed by atoms with E-state index in [-0.39, 0.29) is 17.2 Å². The van der Waals surface area contributed by atoms with E-state index in [4.69, 9.17) is 0 Å². The summed E-state index contributed by atoms with van der Waals surface area (Å²) in [6.45, 7) is 3.71. The molecular formula is C16H16N6O3. The van der Waals surface area contributed by atoms with Crippen LogP contribution in [0.4, 0.5) is 17.2 Å². The number of aromatic amines is 1. The van der Waals surface area contributed by atoms with Crippen LogP contribution in [-0.4, -0.2) is 24.7 Å². The quantitative estimate of drug-likeness (QED) is 0.544. The fraction of sp³-hybridized carbons (Fsp3) is 0.188. The molecule has 0 aliphatic rings. The van der Waals surface area contributed by atoms with E-state index in [9.17, 15) is 14.9 Å². The summed E-state index contributed by atoms with van der Waals surface area (Å²) in [4.78, 5) is 29.3. The number of aromatic nitrogens is 4. The maximum absolute atomic E-state index is 11.8. The third kappa shape index (κ3) is 3.55. The number of non-ortho nitro benzene ring substituents is 1. The van der Waals surface area contributed by atoms with Crippen molar-refractivity contribution in [2.75, 3.05) is 5.32 Å². The van der Waals surface area contributed by atoms with Gasteiger partial charge in [-0.15, -0.1) is 0 Å². The van der Waals surface area contributed by atoms with Gasteiger partial charge in [0.25, 0.3) is 11.2 Å². The number of rotatable bonds is 5. The van der Waals surface area contributed by atoms with Crippen molar-refractivity contribution in [1.29, 1.82) is 0 Å². The Morgan fingerprint density at radius 2 is 2.12 bits per heavy atom. The highest BCUT2D eigenvalue weighted by Crippen LogP contribution is 2.23. The molecule has 9 nitrogen and oxygen atoms in total. The molecule has 25 heavy (non-hydrogen) atoms. The van der Waals surface area contributed by atoms with E-state index in [1.165, 1.54) is 22.9 Å². The number of nitro groups is 1. The molecule has 3 aromatic rings. The molecular weight excluding hydrogens is 324 g/mol. The van der Waals surface area contributed by atoms with Gasteiger partial charge in [-0.1, -0.05) is 13.0 Å². The fourth-order valence-corrected chi connectivity index (χ4v) is 2.37. The largest absolute Gasteiger partial charge is 0.340 e. The molecule has 0 saturated heterocycles. The molecule has 2 N–H and O–H groups in total. The molecule has 2 heterocycles. The van der Waals surface area contributed by atoms with Gasteiger partial charge in [-0.05, 0) is 19.4 Å². The minimum absolute atomic E-state index is 0.0210. The maximum Gasteiger partial charge on any atom is 0.271 e. The van der Waals surface area contributed by atoms with Crippen LogP contribution in [0.2, 0.25) is 0 Å². The highest BCUT2D eigenvalue weighted by atomic mass is 16.6. The molecule has 0 radical (unpaired) electrons. The van der Waals surface area contributed by atoms with Crippen LogP contribution in [0.15, 0.2) is 41.2 Å². The van der Waals surface area contributed by atoms with Gasteiger partial charge in [-0.2, -0.15) is 9.78 Å². The van der Waals surface area contributed by atoms with E-state index < -0.39 is 4.92 Å². The summed E-state index contributed by atoms with van der Waals surface area (Å²) in [5, 5.41) is 18.3. The van der Waals surface area contributed by atoms with Gasteiger partial charge in [-0.3, -0.25) is 19.9 Å². The van der Waals surface area contributed by atoms with Crippen LogP contribution < -0.4 is 10.9 Å². The smallest absolute Gasteiger partial charge is 0.271 e. The molecule has 128 valence electrons. The summed E-state index contributed by atoms with van der Waals surface area (Å²) < 4.78 is 1.47. The Bertz CT molecular complexity index is 992. The number of nitrogens with one attached hydrogen (secondary N) is 2. The third-order valence-corrected chi connectivity index (χ3v) is 3.51. The van der Waals surface area contributed by atoms with Gasteiger partial charge in [0, 0.05) is 35.6 Å². The van der Waals surface area contributed by atoms with E-state index in [1.54, 1.807) is 25.1 Å². The predicted octanol–water partition coefficient (Wildman–Crippen LogP) is 2.48. The van der Waals surface area contributed by atoms with Gasteiger partial charge in [0.15, 0.2) is 0 Å². The van der Waals surface area contributed by atoms with Crippen molar-refractivity contribution in [3.05, 3.63) is 68.3 Å². The molecule has 0 aliphatic carbocycles. The molecule has 0 saturated carbocycles. The summed E-state index contributed by atoms with van der Waals surface area (Å²) in [6.07, 6.45) is 0.616. The monoisotopic (exact) mass is 340 g/mol. The number of anilines is 2. The van der Waals surface area contributed by atoms with Crippen LogP contribution in [0.25, 0.3) is 5.95 Å². The molecule has 9 heteroatoms. The molecule has 0 bridgehead atoms. The number of nitrogens with zero attached hydrogens (tertiary/aromatic N) is 4. The van der Waals surface area contributed by atoms with Crippen LogP contribution in [0.5, 0.6) is 0 Å². The minimum Gasteiger partial charge on any atom is -0.340 e. The zero-order valence-electron chi connectivity index (χ0n) is 13.7. The van der Waals surface area contributed by atoms with Gasteiger partial charge in [0.1, 0.15) is 5.82 Å². The number of hydrogen-bond donors (Lipinski definition) is 2. The van der Waals surface area contributed by atoms with Gasteiger partial charge in [-0.25, -0.2) is 4.98 Å². The predicted molar refractivity (Wildman–Crippen MR) is 92.5 cm³/mol. The first kappa shape index (κ1) is 16.4. The molecule has 1 aromatic carbocycles. The number of benzene rings is 1. The van der Waals surface area contributed by atoms with Crippen molar-refractivity contribution in [1.82, 2.24) is 19.7 Å². The molecule has 0 spiro atoms. The Hall–Kier alpha value is -3.49. The second-order valence-corrected chi connectivity index (χ2v) is 5.43. The van der Waals surface area contributed by atoms with Crippen LogP contribution in [-0.2, 0) is 6.42 Å². The molecule has 0 fully saturated rings. The molecule has 0 atom stereocenters. The lowest BCUT2D eigenvalue weighted by Gasteiger charge is -2.09. The van der Waals surface area contributed by atoms with Gasteiger partial charge >= 0.3 is 0 Å². The molecule has 2 aromatic heterocycles. The van der Waals surface area contributed by atoms with E-state index in [2.05, 4.69) is 20.4 Å². The van der Waals surface area contributed by atoms with Crippen LogP contribution >= 0.6 is 0 Å². The average molecular weight is 340 g/mol. The summed E-state index contributed by atoms with van der Waals surface area (Å²) in [6, 6.07) is 9.33. The standard InChI is InChI=1S/C16H16N6O3/c1-3-11-9-15(23)19-16(18-11)21-14(7-10(2)20-21)17-12-5-4-6-13(8-12)22(24)25/h4-9,17H,3H2,1-2H3,(H,18,19,23). The fourth-order valence-electron chi connectivity index (χ4n) is 2.37. The summed E-state index contributed by atoms with van der Waals surface area (Å²) in [7, 11) is 0. The van der Waals surface area contributed by atoms with Crippen molar-refractivity contribution in [2.45, 2.75) is 20.3 Å². The van der Waals surface area contributed by atoms with Crippen LogP contribution in [0.1, 0.15) is 18.3 Å². The first-order chi connectivity index (χ1) is 12.0. The molecule has 0 amide bonds. The Balaban J connectivity index is 2.02. The van der Waals surface area contributed by atoms with Crippen molar-refractivity contribution in [2.24, 2.45) is 0 Å². The first-order valence-corrected chi connectivity index (χ1v) is 7.65. The van der Waals surface area contributed by atoms with E-state index in [1.807, 2.05) is 6.92 Å². The second kappa shape index (κ2) is 6.56. The Kier molecular flexibility index (Phi) is 4.29. The maximum atomic E-state index is 11.8. The number of nitro benzene ring substituents is 1. The molecule has 3 rings (SSSR count). The van der Waals surface area contributed by atoms with Gasteiger partial charge < -0.3 is 5.32 Å². The van der Waals surface area contributed by atoms with Crippen molar-refractivity contribution in [3.63, 3.8) is 0 Å². The Labute approximate surface area is 142 Å². The number of hydrogen-bond acceptors (Lipinski definition) is 6. The highest BCUT2D eigenvalue weighted by Gasteiger charge is 2.12. The van der Waals surface area contributed by atoms with Gasteiger partial charge in [0.2, 0.25) is 5.95 Å². The SMILES string of the molecule is CCc1cc(=O)[nH]c(-n2nc(C)cc2Nc2cccc([N+](=O)[O-])c2)n1. The summed E-state index contributed by atoms with van der Waals surface area (Å²) >= 11 is 0. The van der Waals surface area contributed by atoms with Crippen molar-refractivity contribution in [3.8, 4) is 5.95 Å². The first-order valence-electron chi connectivity index (χ1n) is 7.65. The lowest BCUT2D eigenvalue weighted by Crippen LogP contribution is -2.16. The molecule has 0 aliphatic heterocycles. The minimum atomic E-state index is -0.461. The Morgan fingerprint density at radius 3 is 2.84 bits per heavy atom. The molecule has 0 unspecified atom stereocenters. The van der Waals surface area contributed by atoms with E-state index >= 15 is 0 Å². The van der Waals surface area contributed by atoms with Crippen LogP contribution in [0, 0.1) is 17.0 Å². The summed E-state index contributed by atoms with van der Waals surface area (Å²) in [5.74, 6) is 0.819. The lowest BCUT2D eigenvalue weighted by molar-refractivity contribution is -0.384.